The van der Waals surface area contributed by atoms with Crippen LogP contribution in [0.15, 0.2) is 53.5 Å². The minimum absolute atomic E-state index is 0.0303. The number of pyridine rings is 1. The predicted octanol–water partition coefficient (Wildman–Crippen LogP) is 2.27. The van der Waals surface area contributed by atoms with Crippen molar-refractivity contribution in [2.75, 3.05) is 0 Å². The SMILES string of the molecule is Cn1ccc(C(=O)N[C@H](c2ccccc2)C2CC2)cc1=O. The Labute approximate surface area is 123 Å². The van der Waals surface area contributed by atoms with Gasteiger partial charge in [-0.1, -0.05) is 30.3 Å². The molecule has 0 spiro atoms. The van der Waals surface area contributed by atoms with E-state index in [-0.39, 0.29) is 17.5 Å². The number of nitrogens with zero attached hydrogens (tertiary/aromatic N) is 1. The first-order valence-corrected chi connectivity index (χ1v) is 7.17. The number of aromatic nitrogens is 1. The molecule has 4 heteroatoms. The number of carbonyl (C=O) groups is 1. The standard InChI is InChI=1S/C17H18N2O2/c1-19-10-9-14(11-15(19)20)17(21)18-16(13-7-8-13)12-5-3-2-4-6-12/h2-6,9-11,13,16H,7-8H2,1H3,(H,18,21)/t16-/m1/s1. The molecule has 1 N–H and O–H groups in total. The Morgan fingerprint density at radius 2 is 1.95 bits per heavy atom. The fourth-order valence-corrected chi connectivity index (χ4v) is 2.48. The zero-order valence-electron chi connectivity index (χ0n) is 12.0. The highest BCUT2D eigenvalue weighted by molar-refractivity contribution is 5.94. The van der Waals surface area contributed by atoms with Gasteiger partial charge in [0.15, 0.2) is 0 Å². The van der Waals surface area contributed by atoms with E-state index in [0.29, 0.717) is 11.5 Å². The molecule has 1 aromatic carbocycles. The van der Waals surface area contributed by atoms with Crippen LogP contribution in [0, 0.1) is 5.92 Å². The topological polar surface area (TPSA) is 51.1 Å². The van der Waals surface area contributed by atoms with Gasteiger partial charge in [0.25, 0.3) is 11.5 Å². The summed E-state index contributed by atoms with van der Waals surface area (Å²) in [7, 11) is 1.67. The molecule has 21 heavy (non-hydrogen) atoms. The van der Waals surface area contributed by atoms with Crippen molar-refractivity contribution < 1.29 is 4.79 Å². The van der Waals surface area contributed by atoms with Crippen molar-refractivity contribution >= 4 is 5.91 Å². The zero-order chi connectivity index (χ0) is 14.8. The maximum atomic E-state index is 12.4. The Balaban J connectivity index is 1.81. The summed E-state index contributed by atoms with van der Waals surface area (Å²) in [5.74, 6) is 0.316. The normalized spacial score (nSPS) is 15.5. The third-order valence-electron chi connectivity index (χ3n) is 3.91. The van der Waals surface area contributed by atoms with Gasteiger partial charge in [-0.05, 0) is 30.4 Å². The highest BCUT2D eigenvalue weighted by atomic mass is 16.2. The van der Waals surface area contributed by atoms with Crippen molar-refractivity contribution in [2.45, 2.75) is 18.9 Å². The summed E-state index contributed by atoms with van der Waals surface area (Å²) < 4.78 is 1.45. The predicted molar refractivity (Wildman–Crippen MR) is 81.1 cm³/mol. The number of aryl methyl sites for hydroxylation is 1. The largest absolute Gasteiger partial charge is 0.345 e. The Morgan fingerprint density at radius 1 is 1.24 bits per heavy atom. The molecule has 4 nitrogen and oxygen atoms in total. The van der Waals surface area contributed by atoms with Gasteiger partial charge in [0.2, 0.25) is 0 Å². The second-order valence-electron chi connectivity index (χ2n) is 5.56. The summed E-state index contributed by atoms with van der Waals surface area (Å²) in [5.41, 5.74) is 1.36. The Bertz CT molecular complexity index is 702. The third-order valence-corrected chi connectivity index (χ3v) is 3.91. The lowest BCUT2D eigenvalue weighted by molar-refractivity contribution is 0.0931. The summed E-state index contributed by atoms with van der Waals surface area (Å²) in [5, 5.41) is 3.07. The van der Waals surface area contributed by atoms with Crippen molar-refractivity contribution in [3.05, 3.63) is 70.1 Å². The quantitative estimate of drug-likeness (QED) is 0.935. The van der Waals surface area contributed by atoms with Gasteiger partial charge in [0.1, 0.15) is 0 Å². The summed E-state index contributed by atoms with van der Waals surface area (Å²) in [6, 6.07) is 13.1. The van der Waals surface area contributed by atoms with Crippen molar-refractivity contribution in [1.29, 1.82) is 0 Å². The molecule has 1 saturated carbocycles. The van der Waals surface area contributed by atoms with Gasteiger partial charge in [0.05, 0.1) is 6.04 Å². The van der Waals surface area contributed by atoms with E-state index < -0.39 is 0 Å². The van der Waals surface area contributed by atoms with Crippen LogP contribution in [0.4, 0.5) is 0 Å². The van der Waals surface area contributed by atoms with E-state index in [4.69, 9.17) is 0 Å². The van der Waals surface area contributed by atoms with E-state index in [0.717, 1.165) is 18.4 Å². The second-order valence-corrected chi connectivity index (χ2v) is 5.56. The van der Waals surface area contributed by atoms with E-state index >= 15 is 0 Å². The summed E-state index contributed by atoms with van der Waals surface area (Å²) >= 11 is 0. The van der Waals surface area contributed by atoms with Gasteiger partial charge in [-0.3, -0.25) is 9.59 Å². The van der Waals surface area contributed by atoms with Crippen LogP contribution in [-0.2, 0) is 7.05 Å². The van der Waals surface area contributed by atoms with Crippen LogP contribution < -0.4 is 10.9 Å². The molecular weight excluding hydrogens is 264 g/mol. The highest BCUT2D eigenvalue weighted by Gasteiger charge is 2.33. The minimum Gasteiger partial charge on any atom is -0.345 e. The van der Waals surface area contributed by atoms with Gasteiger partial charge in [-0.25, -0.2) is 0 Å². The fourth-order valence-electron chi connectivity index (χ4n) is 2.48. The molecule has 1 fully saturated rings. The van der Waals surface area contributed by atoms with Crippen LogP contribution in [-0.4, -0.2) is 10.5 Å². The van der Waals surface area contributed by atoms with Crippen molar-refractivity contribution in [3.8, 4) is 0 Å². The number of rotatable bonds is 4. The van der Waals surface area contributed by atoms with E-state index in [1.807, 2.05) is 30.3 Å². The number of hydrogen-bond acceptors (Lipinski definition) is 2. The van der Waals surface area contributed by atoms with Gasteiger partial charge in [0, 0.05) is 24.9 Å². The number of amides is 1. The smallest absolute Gasteiger partial charge is 0.252 e. The van der Waals surface area contributed by atoms with Crippen LogP contribution in [0.1, 0.15) is 34.8 Å². The molecule has 1 aromatic heterocycles. The van der Waals surface area contributed by atoms with Crippen molar-refractivity contribution in [2.24, 2.45) is 13.0 Å². The molecule has 1 amide bonds. The molecule has 108 valence electrons. The first-order valence-electron chi connectivity index (χ1n) is 7.17. The fraction of sp³-hybridized carbons (Fsp3) is 0.294. The van der Waals surface area contributed by atoms with E-state index in [1.54, 1.807) is 19.3 Å². The number of carbonyl (C=O) groups excluding carboxylic acids is 1. The van der Waals surface area contributed by atoms with Gasteiger partial charge < -0.3 is 9.88 Å². The van der Waals surface area contributed by atoms with Crippen molar-refractivity contribution in [3.63, 3.8) is 0 Å². The molecule has 0 radical (unpaired) electrons. The van der Waals surface area contributed by atoms with Gasteiger partial charge in [-0.15, -0.1) is 0 Å². The molecule has 0 bridgehead atoms. The molecule has 0 aliphatic heterocycles. The molecule has 1 heterocycles. The monoisotopic (exact) mass is 282 g/mol. The van der Waals surface area contributed by atoms with Crippen molar-refractivity contribution in [1.82, 2.24) is 9.88 Å². The number of benzene rings is 1. The molecule has 1 atom stereocenters. The third kappa shape index (κ3) is 3.05. The molecule has 2 aromatic rings. The average Bonchev–Trinajstić information content (AvgIpc) is 3.33. The first kappa shape index (κ1) is 13.6. The lowest BCUT2D eigenvalue weighted by atomic mass is 10.0. The Kier molecular flexibility index (Phi) is 3.60. The first-order chi connectivity index (χ1) is 10.1. The van der Waals surface area contributed by atoms with Gasteiger partial charge in [-0.2, -0.15) is 0 Å². The van der Waals surface area contributed by atoms with Crippen LogP contribution >= 0.6 is 0 Å². The molecule has 3 rings (SSSR count). The molecule has 1 aliphatic carbocycles. The van der Waals surface area contributed by atoms with E-state index in [2.05, 4.69) is 5.32 Å². The van der Waals surface area contributed by atoms with Crippen LogP contribution in [0.25, 0.3) is 0 Å². The summed E-state index contributed by atoms with van der Waals surface area (Å²) in [6.07, 6.45) is 3.89. The zero-order valence-corrected chi connectivity index (χ0v) is 12.0. The van der Waals surface area contributed by atoms with E-state index in [1.165, 1.54) is 10.6 Å². The number of hydrogen-bond donors (Lipinski definition) is 1. The summed E-state index contributed by atoms with van der Waals surface area (Å²) in [4.78, 5) is 24.0. The van der Waals surface area contributed by atoms with E-state index in [9.17, 15) is 9.59 Å². The maximum absolute atomic E-state index is 12.4. The minimum atomic E-state index is -0.187. The summed E-state index contributed by atoms with van der Waals surface area (Å²) in [6.45, 7) is 0. The Hall–Kier alpha value is -2.36. The molecular formula is C17H18N2O2. The maximum Gasteiger partial charge on any atom is 0.252 e. The lowest BCUT2D eigenvalue weighted by Crippen LogP contribution is -2.31. The second kappa shape index (κ2) is 5.56. The van der Waals surface area contributed by atoms with Crippen LogP contribution in [0.3, 0.4) is 0 Å². The highest BCUT2D eigenvalue weighted by Crippen LogP contribution is 2.41. The number of nitrogens with one attached hydrogen (secondary N) is 1. The van der Waals surface area contributed by atoms with Gasteiger partial charge >= 0.3 is 0 Å². The molecule has 0 unspecified atom stereocenters. The van der Waals surface area contributed by atoms with Crippen LogP contribution in [0.5, 0.6) is 0 Å². The van der Waals surface area contributed by atoms with Crippen LogP contribution in [0.2, 0.25) is 0 Å². The Morgan fingerprint density at radius 3 is 2.57 bits per heavy atom. The molecule has 0 saturated heterocycles. The lowest BCUT2D eigenvalue weighted by Gasteiger charge is -2.19. The molecule has 1 aliphatic rings. The average molecular weight is 282 g/mol.